The molecule has 1 aromatic heterocycles. The van der Waals surface area contributed by atoms with Crippen LogP contribution in [-0.4, -0.2) is 86.1 Å². The van der Waals surface area contributed by atoms with Crippen molar-refractivity contribution in [1.82, 2.24) is 19.8 Å². The molecule has 3 rings (SSSR count). The minimum Gasteiger partial charge on any atom is -0.495 e. The van der Waals surface area contributed by atoms with Crippen molar-refractivity contribution in [2.75, 3.05) is 70.7 Å². The first-order chi connectivity index (χ1) is 14.1. The Bertz CT molecular complexity index is 788. The number of anilines is 2. The fourth-order valence-corrected chi connectivity index (χ4v) is 3.34. The molecule has 1 aliphatic rings. The molecule has 0 unspecified atom stereocenters. The van der Waals surface area contributed by atoms with Gasteiger partial charge in [0, 0.05) is 32.7 Å². The van der Waals surface area contributed by atoms with Crippen LogP contribution < -0.4 is 15.0 Å². The highest BCUT2D eigenvalue weighted by Crippen LogP contribution is 2.28. The number of benzene rings is 1. The van der Waals surface area contributed by atoms with Gasteiger partial charge in [0.1, 0.15) is 17.3 Å². The van der Waals surface area contributed by atoms with Crippen molar-refractivity contribution >= 4 is 17.4 Å². The Kier molecular flexibility index (Phi) is 7.24. The molecule has 8 nitrogen and oxygen atoms in total. The zero-order chi connectivity index (χ0) is 20.6. The maximum Gasteiger partial charge on any atom is 0.274 e. The van der Waals surface area contributed by atoms with Crippen LogP contribution in [0.15, 0.2) is 36.7 Å². The zero-order valence-corrected chi connectivity index (χ0v) is 17.5. The van der Waals surface area contributed by atoms with Gasteiger partial charge in [-0.1, -0.05) is 12.1 Å². The van der Waals surface area contributed by atoms with E-state index in [1.165, 1.54) is 0 Å². The molecule has 8 heteroatoms. The smallest absolute Gasteiger partial charge is 0.274 e. The summed E-state index contributed by atoms with van der Waals surface area (Å²) in [5.74, 6) is 1.48. The molecule has 1 saturated heterocycles. The highest BCUT2D eigenvalue weighted by atomic mass is 16.5. The van der Waals surface area contributed by atoms with Gasteiger partial charge in [-0.2, -0.15) is 0 Å². The molecule has 0 saturated carbocycles. The van der Waals surface area contributed by atoms with Gasteiger partial charge >= 0.3 is 0 Å². The van der Waals surface area contributed by atoms with Crippen LogP contribution in [0.3, 0.4) is 0 Å². The summed E-state index contributed by atoms with van der Waals surface area (Å²) in [4.78, 5) is 27.6. The number of rotatable bonds is 8. The molecule has 1 aromatic carbocycles. The first-order valence-corrected chi connectivity index (χ1v) is 9.96. The van der Waals surface area contributed by atoms with E-state index in [1.807, 2.05) is 29.2 Å². The Hall–Kier alpha value is -2.87. The molecule has 0 radical (unpaired) electrons. The second-order valence-electron chi connectivity index (χ2n) is 7.32. The van der Waals surface area contributed by atoms with Crippen molar-refractivity contribution in [1.29, 1.82) is 0 Å². The Balaban J connectivity index is 1.51. The van der Waals surface area contributed by atoms with E-state index in [4.69, 9.17) is 4.74 Å². The Labute approximate surface area is 172 Å². The quantitative estimate of drug-likeness (QED) is 0.680. The topological polar surface area (TPSA) is 73.8 Å². The lowest BCUT2D eigenvalue weighted by molar-refractivity contribution is 0.0740. The Morgan fingerprint density at radius 3 is 2.55 bits per heavy atom. The van der Waals surface area contributed by atoms with Crippen molar-refractivity contribution in [2.24, 2.45) is 0 Å². The second kappa shape index (κ2) is 10.1. The number of piperazine rings is 1. The summed E-state index contributed by atoms with van der Waals surface area (Å²) >= 11 is 0. The molecule has 1 aliphatic heterocycles. The molecule has 0 atom stereocenters. The molecule has 2 aromatic rings. The molecule has 1 fully saturated rings. The number of hydrogen-bond donors (Lipinski definition) is 1. The standard InChI is InChI=1S/C21H30N6O2/c1-25(2)10-6-9-22-20-16-23-17(15-24-20)21(28)27-13-11-26(12-14-27)18-7-4-5-8-19(18)29-3/h4-5,7-8,15-16H,6,9-14H2,1-3H3,(H,22,24). The summed E-state index contributed by atoms with van der Waals surface area (Å²) in [6, 6.07) is 7.97. The number of para-hydroxylation sites is 2. The SMILES string of the molecule is COc1ccccc1N1CCN(C(=O)c2cnc(NCCCN(C)C)cn2)CC1. The Morgan fingerprint density at radius 1 is 1.14 bits per heavy atom. The van der Waals surface area contributed by atoms with Crippen LogP contribution >= 0.6 is 0 Å². The monoisotopic (exact) mass is 398 g/mol. The summed E-state index contributed by atoms with van der Waals surface area (Å²) in [5.41, 5.74) is 1.45. The molecule has 0 spiro atoms. The lowest BCUT2D eigenvalue weighted by Gasteiger charge is -2.36. The van der Waals surface area contributed by atoms with Gasteiger partial charge in [0.2, 0.25) is 0 Å². The molecule has 29 heavy (non-hydrogen) atoms. The number of nitrogens with one attached hydrogen (secondary N) is 1. The van der Waals surface area contributed by atoms with Crippen LogP contribution in [0, 0.1) is 0 Å². The number of hydrogen-bond acceptors (Lipinski definition) is 7. The number of nitrogens with zero attached hydrogens (tertiary/aromatic N) is 5. The van der Waals surface area contributed by atoms with E-state index in [0.29, 0.717) is 24.6 Å². The van der Waals surface area contributed by atoms with E-state index < -0.39 is 0 Å². The molecule has 2 heterocycles. The third kappa shape index (κ3) is 5.57. The largest absolute Gasteiger partial charge is 0.495 e. The zero-order valence-electron chi connectivity index (χ0n) is 17.5. The van der Waals surface area contributed by atoms with Crippen LogP contribution in [0.4, 0.5) is 11.5 Å². The average Bonchev–Trinajstić information content (AvgIpc) is 2.76. The summed E-state index contributed by atoms with van der Waals surface area (Å²) < 4.78 is 5.45. The van der Waals surface area contributed by atoms with E-state index in [9.17, 15) is 4.79 Å². The first kappa shape index (κ1) is 20.9. The average molecular weight is 399 g/mol. The highest BCUT2D eigenvalue weighted by Gasteiger charge is 2.24. The second-order valence-corrected chi connectivity index (χ2v) is 7.32. The number of ether oxygens (including phenoxy) is 1. The number of amides is 1. The number of carbonyl (C=O) groups is 1. The van der Waals surface area contributed by atoms with E-state index in [0.717, 1.165) is 44.0 Å². The maximum absolute atomic E-state index is 12.8. The van der Waals surface area contributed by atoms with Crippen molar-refractivity contribution < 1.29 is 9.53 Å². The lowest BCUT2D eigenvalue weighted by Crippen LogP contribution is -2.49. The predicted molar refractivity (Wildman–Crippen MR) is 115 cm³/mol. The van der Waals surface area contributed by atoms with E-state index in [1.54, 1.807) is 19.5 Å². The van der Waals surface area contributed by atoms with Crippen molar-refractivity contribution in [3.8, 4) is 5.75 Å². The number of aromatic nitrogens is 2. The Morgan fingerprint density at radius 2 is 1.90 bits per heavy atom. The molecule has 1 N–H and O–H groups in total. The first-order valence-electron chi connectivity index (χ1n) is 9.96. The van der Waals surface area contributed by atoms with Crippen LogP contribution in [0.25, 0.3) is 0 Å². The molecular weight excluding hydrogens is 368 g/mol. The summed E-state index contributed by atoms with van der Waals surface area (Å²) in [7, 11) is 5.78. The summed E-state index contributed by atoms with van der Waals surface area (Å²) in [6.07, 6.45) is 4.21. The van der Waals surface area contributed by atoms with Crippen molar-refractivity contribution in [3.63, 3.8) is 0 Å². The van der Waals surface area contributed by atoms with Crippen LogP contribution in [0.1, 0.15) is 16.9 Å². The van der Waals surface area contributed by atoms with Gasteiger partial charge in [-0.05, 0) is 39.2 Å². The van der Waals surface area contributed by atoms with Gasteiger partial charge in [0.25, 0.3) is 5.91 Å². The van der Waals surface area contributed by atoms with Gasteiger partial charge in [-0.15, -0.1) is 0 Å². The van der Waals surface area contributed by atoms with Crippen molar-refractivity contribution in [2.45, 2.75) is 6.42 Å². The molecular formula is C21H30N6O2. The molecule has 156 valence electrons. The van der Waals surface area contributed by atoms with E-state index in [2.05, 4.69) is 39.2 Å². The summed E-state index contributed by atoms with van der Waals surface area (Å²) in [6.45, 7) is 4.63. The van der Waals surface area contributed by atoms with Crippen molar-refractivity contribution in [3.05, 3.63) is 42.4 Å². The van der Waals surface area contributed by atoms with Gasteiger partial charge in [-0.3, -0.25) is 4.79 Å². The molecule has 0 bridgehead atoms. The van der Waals surface area contributed by atoms with Gasteiger partial charge in [0.05, 0.1) is 25.2 Å². The molecule has 0 aliphatic carbocycles. The normalized spacial score (nSPS) is 14.2. The predicted octanol–water partition coefficient (Wildman–Crippen LogP) is 1.81. The van der Waals surface area contributed by atoms with Crippen LogP contribution in [0.2, 0.25) is 0 Å². The minimum absolute atomic E-state index is 0.0728. The molecule has 1 amide bonds. The van der Waals surface area contributed by atoms with Gasteiger partial charge in [-0.25, -0.2) is 9.97 Å². The fourth-order valence-electron chi connectivity index (χ4n) is 3.34. The number of carbonyl (C=O) groups excluding carboxylic acids is 1. The van der Waals surface area contributed by atoms with E-state index in [-0.39, 0.29) is 5.91 Å². The fraction of sp³-hybridized carbons (Fsp3) is 0.476. The third-order valence-electron chi connectivity index (χ3n) is 4.95. The third-order valence-corrected chi connectivity index (χ3v) is 4.95. The minimum atomic E-state index is -0.0728. The lowest BCUT2D eigenvalue weighted by atomic mass is 10.2. The van der Waals surface area contributed by atoms with E-state index >= 15 is 0 Å². The maximum atomic E-state index is 12.8. The van der Waals surface area contributed by atoms with Crippen LogP contribution in [-0.2, 0) is 0 Å². The van der Waals surface area contributed by atoms with Crippen LogP contribution in [0.5, 0.6) is 5.75 Å². The highest BCUT2D eigenvalue weighted by molar-refractivity contribution is 5.92. The number of methoxy groups -OCH3 is 1. The summed E-state index contributed by atoms with van der Waals surface area (Å²) in [5, 5.41) is 3.24. The van der Waals surface area contributed by atoms with Gasteiger partial charge < -0.3 is 24.8 Å². The van der Waals surface area contributed by atoms with Gasteiger partial charge in [0.15, 0.2) is 0 Å².